The van der Waals surface area contributed by atoms with Gasteiger partial charge in [-0.15, -0.1) is 16.9 Å². The van der Waals surface area contributed by atoms with Gasteiger partial charge in [0.25, 0.3) is 0 Å². The summed E-state index contributed by atoms with van der Waals surface area (Å²) in [5, 5.41) is 17.3. The molecule has 3 rings (SSSR count). The molecule has 0 bridgehead atoms. The molecule has 122 valence electrons. The lowest BCUT2D eigenvalue weighted by molar-refractivity contribution is 0.0697. The maximum Gasteiger partial charge on any atom is 0.335 e. The van der Waals surface area contributed by atoms with Gasteiger partial charge in [-0.3, -0.25) is 4.98 Å². The average molecular weight is 340 g/mol. The first-order valence-electron chi connectivity index (χ1n) is 7.52. The van der Waals surface area contributed by atoms with Crippen LogP contribution in [0.25, 0.3) is 17.1 Å². The molecule has 2 heterocycles. The summed E-state index contributed by atoms with van der Waals surface area (Å²) in [6.45, 7) is 2.15. The van der Waals surface area contributed by atoms with Gasteiger partial charge in [0.15, 0.2) is 0 Å². The van der Waals surface area contributed by atoms with Crippen molar-refractivity contribution in [3.8, 4) is 17.1 Å². The third-order valence-electron chi connectivity index (χ3n) is 3.32. The second kappa shape index (κ2) is 7.27. The van der Waals surface area contributed by atoms with E-state index in [-0.39, 0.29) is 5.56 Å². The average Bonchev–Trinajstić information content (AvgIpc) is 3.10. The van der Waals surface area contributed by atoms with E-state index in [1.807, 2.05) is 12.1 Å². The van der Waals surface area contributed by atoms with Crippen molar-refractivity contribution >= 4 is 17.7 Å². The predicted octanol–water partition coefficient (Wildman–Crippen LogP) is 3.53. The predicted molar refractivity (Wildman–Crippen MR) is 92.6 cm³/mol. The van der Waals surface area contributed by atoms with Crippen LogP contribution in [0.1, 0.15) is 23.7 Å². The van der Waals surface area contributed by atoms with E-state index in [0.29, 0.717) is 11.4 Å². The lowest BCUT2D eigenvalue weighted by Crippen LogP contribution is -1.97. The highest BCUT2D eigenvalue weighted by molar-refractivity contribution is 7.99. The van der Waals surface area contributed by atoms with Gasteiger partial charge in [-0.05, 0) is 42.5 Å². The van der Waals surface area contributed by atoms with Crippen LogP contribution in [-0.2, 0) is 0 Å². The fraction of sp³-hybridized carbons (Fsp3) is 0.176. The van der Waals surface area contributed by atoms with E-state index < -0.39 is 5.97 Å². The lowest BCUT2D eigenvalue weighted by atomic mass is 10.2. The van der Waals surface area contributed by atoms with Gasteiger partial charge in [-0.2, -0.15) is 0 Å². The van der Waals surface area contributed by atoms with Crippen molar-refractivity contribution < 1.29 is 9.90 Å². The molecule has 24 heavy (non-hydrogen) atoms. The zero-order chi connectivity index (χ0) is 16.9. The molecule has 0 saturated carbocycles. The molecule has 0 radical (unpaired) electrons. The molecule has 0 aliphatic heterocycles. The Bertz CT molecular complexity index is 863. The Morgan fingerprint density at radius 1 is 1.25 bits per heavy atom. The maximum absolute atomic E-state index is 11.1. The Kier molecular flexibility index (Phi) is 4.90. The number of thioether (sulfide) groups is 1. The molecule has 0 atom stereocenters. The number of benzene rings is 1. The summed E-state index contributed by atoms with van der Waals surface area (Å²) in [4.78, 5) is 16.4. The molecular weight excluding hydrogens is 324 g/mol. The Morgan fingerprint density at radius 3 is 2.92 bits per heavy atom. The monoisotopic (exact) mass is 340 g/mol. The molecule has 7 heteroatoms. The Labute approximate surface area is 143 Å². The summed E-state index contributed by atoms with van der Waals surface area (Å²) < 4.78 is 1.67. The van der Waals surface area contributed by atoms with Gasteiger partial charge in [-0.1, -0.05) is 18.2 Å². The van der Waals surface area contributed by atoms with Crippen molar-refractivity contribution in [1.29, 1.82) is 0 Å². The van der Waals surface area contributed by atoms with E-state index in [1.54, 1.807) is 22.6 Å². The fourth-order valence-corrected chi connectivity index (χ4v) is 2.97. The Balaban J connectivity index is 1.88. The number of nitrogens with zero attached hydrogens (tertiary/aromatic N) is 4. The van der Waals surface area contributed by atoms with Crippen molar-refractivity contribution in [2.24, 2.45) is 0 Å². The number of carbonyl (C=O) groups is 1. The minimum atomic E-state index is -0.994. The number of carboxylic acid groups (broad SMARTS) is 1. The third kappa shape index (κ3) is 3.62. The number of hydrogen-bond donors (Lipinski definition) is 1. The van der Waals surface area contributed by atoms with E-state index in [2.05, 4.69) is 34.4 Å². The number of rotatable bonds is 6. The van der Waals surface area contributed by atoms with Gasteiger partial charge >= 0.3 is 5.97 Å². The van der Waals surface area contributed by atoms with E-state index in [0.717, 1.165) is 17.9 Å². The fourth-order valence-electron chi connectivity index (χ4n) is 2.15. The van der Waals surface area contributed by atoms with E-state index in [9.17, 15) is 4.79 Å². The largest absolute Gasteiger partial charge is 0.478 e. The van der Waals surface area contributed by atoms with Gasteiger partial charge in [0.2, 0.25) is 0 Å². The zero-order valence-corrected chi connectivity index (χ0v) is 13.9. The SMILES string of the molecule is CCCSc1cccc(-n2cc(-c3cc(C(=O)O)ccn3)nn2)c1. The molecule has 6 nitrogen and oxygen atoms in total. The first kappa shape index (κ1) is 16.2. The molecule has 0 fully saturated rings. The van der Waals surface area contributed by atoms with Gasteiger partial charge in [0.1, 0.15) is 5.69 Å². The summed E-state index contributed by atoms with van der Waals surface area (Å²) in [6.07, 6.45) is 4.32. The molecule has 0 aliphatic carbocycles. The Hall–Kier alpha value is -2.67. The maximum atomic E-state index is 11.1. The van der Waals surface area contributed by atoms with Gasteiger partial charge in [0, 0.05) is 11.1 Å². The molecule has 0 aliphatic rings. The molecular formula is C17H16N4O2S. The molecule has 0 spiro atoms. The summed E-state index contributed by atoms with van der Waals surface area (Å²) >= 11 is 1.80. The van der Waals surface area contributed by atoms with Gasteiger partial charge < -0.3 is 5.11 Å². The van der Waals surface area contributed by atoms with Crippen LogP contribution >= 0.6 is 11.8 Å². The number of aromatic nitrogens is 4. The molecule has 3 aromatic rings. The minimum Gasteiger partial charge on any atom is -0.478 e. The van der Waals surface area contributed by atoms with Crippen LogP contribution < -0.4 is 0 Å². The third-order valence-corrected chi connectivity index (χ3v) is 4.52. The van der Waals surface area contributed by atoms with E-state index in [1.165, 1.54) is 23.2 Å². The molecule has 1 aromatic carbocycles. The highest BCUT2D eigenvalue weighted by Gasteiger charge is 2.10. The minimum absolute atomic E-state index is 0.174. The van der Waals surface area contributed by atoms with Crippen LogP contribution in [0, 0.1) is 0 Å². The zero-order valence-electron chi connectivity index (χ0n) is 13.1. The molecule has 0 unspecified atom stereocenters. The topological polar surface area (TPSA) is 80.9 Å². The van der Waals surface area contributed by atoms with E-state index in [4.69, 9.17) is 5.11 Å². The molecule has 2 aromatic heterocycles. The lowest BCUT2D eigenvalue weighted by Gasteiger charge is -2.03. The van der Waals surface area contributed by atoms with Gasteiger partial charge in [0.05, 0.1) is 23.1 Å². The van der Waals surface area contributed by atoms with Crippen LogP contribution in [0.2, 0.25) is 0 Å². The summed E-state index contributed by atoms with van der Waals surface area (Å²) in [5.41, 5.74) is 2.10. The van der Waals surface area contributed by atoms with Crippen molar-refractivity contribution in [2.45, 2.75) is 18.2 Å². The van der Waals surface area contributed by atoms with Crippen LogP contribution in [-0.4, -0.2) is 36.8 Å². The second-order valence-corrected chi connectivity index (χ2v) is 6.30. The van der Waals surface area contributed by atoms with Crippen LogP contribution in [0.3, 0.4) is 0 Å². The van der Waals surface area contributed by atoms with Gasteiger partial charge in [-0.25, -0.2) is 9.48 Å². The van der Waals surface area contributed by atoms with Crippen molar-refractivity contribution in [3.05, 3.63) is 54.4 Å². The van der Waals surface area contributed by atoms with Crippen molar-refractivity contribution in [1.82, 2.24) is 20.0 Å². The van der Waals surface area contributed by atoms with Crippen molar-refractivity contribution in [2.75, 3.05) is 5.75 Å². The van der Waals surface area contributed by atoms with Crippen LogP contribution in [0.15, 0.2) is 53.7 Å². The summed E-state index contributed by atoms with van der Waals surface area (Å²) in [7, 11) is 0. The summed E-state index contributed by atoms with van der Waals surface area (Å²) in [5.74, 6) is 0.0736. The first-order valence-corrected chi connectivity index (χ1v) is 8.51. The van der Waals surface area contributed by atoms with Crippen LogP contribution in [0.5, 0.6) is 0 Å². The first-order chi connectivity index (χ1) is 11.7. The smallest absolute Gasteiger partial charge is 0.335 e. The Morgan fingerprint density at radius 2 is 2.12 bits per heavy atom. The number of carboxylic acids is 1. The summed E-state index contributed by atoms with van der Waals surface area (Å²) in [6, 6.07) is 11.0. The molecule has 0 amide bonds. The second-order valence-electron chi connectivity index (χ2n) is 5.13. The van der Waals surface area contributed by atoms with Crippen molar-refractivity contribution in [3.63, 3.8) is 0 Å². The molecule has 0 saturated heterocycles. The quantitative estimate of drug-likeness (QED) is 0.691. The normalized spacial score (nSPS) is 10.7. The number of hydrogen-bond acceptors (Lipinski definition) is 5. The highest BCUT2D eigenvalue weighted by Crippen LogP contribution is 2.22. The van der Waals surface area contributed by atoms with E-state index >= 15 is 0 Å². The highest BCUT2D eigenvalue weighted by atomic mass is 32.2. The van der Waals surface area contributed by atoms with Crippen LogP contribution in [0.4, 0.5) is 0 Å². The number of aromatic carboxylic acids is 1. The molecule has 1 N–H and O–H groups in total. The number of pyridine rings is 1. The standard InChI is InChI=1S/C17H16N4O2S/c1-2-8-24-14-5-3-4-13(10-14)21-11-16(19-20-21)15-9-12(17(22)23)6-7-18-15/h3-7,9-11H,2,8H2,1H3,(H,22,23).